The Labute approximate surface area is 107 Å². The Morgan fingerprint density at radius 3 is 3.00 bits per heavy atom. The van der Waals surface area contributed by atoms with Crippen LogP contribution in [0.15, 0.2) is 24.3 Å². The molecule has 1 fully saturated rings. The molecule has 0 aromatic heterocycles. The molecular formula is C13H18N2O3. The maximum absolute atomic E-state index is 10.9. The van der Waals surface area contributed by atoms with E-state index in [4.69, 9.17) is 9.84 Å². The molecule has 0 spiro atoms. The third kappa shape index (κ3) is 2.50. The van der Waals surface area contributed by atoms with Gasteiger partial charge in [-0.2, -0.15) is 0 Å². The summed E-state index contributed by atoms with van der Waals surface area (Å²) in [4.78, 5) is 14.5. The molecule has 0 radical (unpaired) electrons. The molecule has 1 amide bonds. The standard InChI is InChI=1S/C13H18N2O3/c1-14(13(16)17)11-6-7-15(9-11)10-4-3-5-12(8-10)18-2/h3-5,8,11H,6-7,9H2,1-2H3,(H,16,17). The first kappa shape index (κ1) is 12.5. The lowest BCUT2D eigenvalue weighted by molar-refractivity contribution is 0.142. The van der Waals surface area contributed by atoms with E-state index in [1.54, 1.807) is 14.2 Å². The van der Waals surface area contributed by atoms with Gasteiger partial charge in [0.1, 0.15) is 5.75 Å². The summed E-state index contributed by atoms with van der Waals surface area (Å²) >= 11 is 0. The van der Waals surface area contributed by atoms with Crippen LogP contribution in [0.4, 0.5) is 10.5 Å². The highest BCUT2D eigenvalue weighted by molar-refractivity contribution is 5.65. The molecule has 5 nitrogen and oxygen atoms in total. The quantitative estimate of drug-likeness (QED) is 0.890. The number of hydrogen-bond acceptors (Lipinski definition) is 3. The molecule has 0 bridgehead atoms. The minimum Gasteiger partial charge on any atom is -0.497 e. The van der Waals surface area contributed by atoms with Crippen LogP contribution in [0, 0.1) is 0 Å². The number of hydrogen-bond donors (Lipinski definition) is 1. The first-order chi connectivity index (χ1) is 8.61. The second kappa shape index (κ2) is 5.16. The van der Waals surface area contributed by atoms with Crippen molar-refractivity contribution in [2.45, 2.75) is 12.5 Å². The van der Waals surface area contributed by atoms with E-state index in [9.17, 15) is 4.79 Å². The molecule has 1 N–H and O–H groups in total. The molecule has 1 atom stereocenters. The Bertz CT molecular complexity index is 436. The van der Waals surface area contributed by atoms with Gasteiger partial charge in [0.25, 0.3) is 0 Å². The van der Waals surface area contributed by atoms with E-state index in [0.717, 1.165) is 30.9 Å². The predicted molar refractivity (Wildman–Crippen MR) is 69.4 cm³/mol. The zero-order valence-corrected chi connectivity index (χ0v) is 10.7. The van der Waals surface area contributed by atoms with Crippen LogP contribution in [0.2, 0.25) is 0 Å². The molecule has 1 saturated heterocycles. The van der Waals surface area contributed by atoms with Gasteiger partial charge in [0.15, 0.2) is 0 Å². The summed E-state index contributed by atoms with van der Waals surface area (Å²) in [5, 5.41) is 8.97. The van der Waals surface area contributed by atoms with Gasteiger partial charge in [0.05, 0.1) is 13.2 Å². The predicted octanol–water partition coefficient (Wildman–Crippen LogP) is 1.88. The minimum absolute atomic E-state index is 0.0636. The van der Waals surface area contributed by atoms with Gasteiger partial charge in [-0.1, -0.05) is 6.07 Å². The van der Waals surface area contributed by atoms with Crippen molar-refractivity contribution in [2.75, 3.05) is 32.1 Å². The highest BCUT2D eigenvalue weighted by Gasteiger charge is 2.28. The van der Waals surface area contributed by atoms with Gasteiger partial charge in [0.2, 0.25) is 0 Å². The summed E-state index contributed by atoms with van der Waals surface area (Å²) in [5.41, 5.74) is 1.08. The van der Waals surface area contributed by atoms with Crippen molar-refractivity contribution in [3.05, 3.63) is 24.3 Å². The van der Waals surface area contributed by atoms with Gasteiger partial charge in [0, 0.05) is 31.9 Å². The highest BCUT2D eigenvalue weighted by Crippen LogP contribution is 2.25. The fourth-order valence-electron chi connectivity index (χ4n) is 2.26. The third-order valence-electron chi connectivity index (χ3n) is 3.43. The van der Waals surface area contributed by atoms with E-state index in [-0.39, 0.29) is 6.04 Å². The molecule has 1 aliphatic heterocycles. The largest absolute Gasteiger partial charge is 0.497 e. The van der Waals surface area contributed by atoms with Crippen molar-refractivity contribution in [1.82, 2.24) is 4.90 Å². The van der Waals surface area contributed by atoms with E-state index in [1.165, 1.54) is 4.90 Å². The van der Waals surface area contributed by atoms with Crippen LogP contribution in [-0.4, -0.2) is 49.4 Å². The fraction of sp³-hybridized carbons (Fsp3) is 0.462. The van der Waals surface area contributed by atoms with E-state index in [2.05, 4.69) is 4.90 Å². The number of carboxylic acid groups (broad SMARTS) is 1. The van der Waals surface area contributed by atoms with E-state index < -0.39 is 6.09 Å². The van der Waals surface area contributed by atoms with Gasteiger partial charge in [-0.25, -0.2) is 4.79 Å². The van der Waals surface area contributed by atoms with Crippen LogP contribution in [0.1, 0.15) is 6.42 Å². The van der Waals surface area contributed by atoms with Crippen LogP contribution >= 0.6 is 0 Å². The highest BCUT2D eigenvalue weighted by atomic mass is 16.5. The molecule has 1 unspecified atom stereocenters. The lowest BCUT2D eigenvalue weighted by atomic mass is 10.2. The smallest absolute Gasteiger partial charge is 0.407 e. The summed E-state index contributed by atoms with van der Waals surface area (Å²) < 4.78 is 5.20. The van der Waals surface area contributed by atoms with Gasteiger partial charge in [-0.3, -0.25) is 0 Å². The third-order valence-corrected chi connectivity index (χ3v) is 3.43. The first-order valence-electron chi connectivity index (χ1n) is 5.96. The van der Waals surface area contributed by atoms with Crippen LogP contribution in [0.25, 0.3) is 0 Å². The summed E-state index contributed by atoms with van der Waals surface area (Å²) in [6.45, 7) is 1.60. The number of carbonyl (C=O) groups is 1. The number of methoxy groups -OCH3 is 1. The molecule has 0 aliphatic carbocycles. The van der Waals surface area contributed by atoms with Crippen LogP contribution in [-0.2, 0) is 0 Å². The van der Waals surface area contributed by atoms with Gasteiger partial charge < -0.3 is 19.6 Å². The second-order valence-electron chi connectivity index (χ2n) is 4.48. The summed E-state index contributed by atoms with van der Waals surface area (Å²) in [7, 11) is 3.27. The molecule has 98 valence electrons. The van der Waals surface area contributed by atoms with E-state index in [1.807, 2.05) is 24.3 Å². The maximum Gasteiger partial charge on any atom is 0.407 e. The topological polar surface area (TPSA) is 53.0 Å². The molecule has 1 heterocycles. The first-order valence-corrected chi connectivity index (χ1v) is 5.96. The van der Waals surface area contributed by atoms with Crippen LogP contribution < -0.4 is 9.64 Å². The molecule has 18 heavy (non-hydrogen) atoms. The van der Waals surface area contributed by atoms with E-state index >= 15 is 0 Å². The molecule has 1 aromatic carbocycles. The Morgan fingerprint density at radius 2 is 2.33 bits per heavy atom. The van der Waals surface area contributed by atoms with Crippen LogP contribution in [0.5, 0.6) is 5.75 Å². The average molecular weight is 250 g/mol. The van der Waals surface area contributed by atoms with Crippen molar-refractivity contribution >= 4 is 11.8 Å². The Kier molecular flexibility index (Phi) is 3.60. The summed E-state index contributed by atoms with van der Waals surface area (Å²) in [6.07, 6.45) is -0.00694. The SMILES string of the molecule is COc1cccc(N2CCC(N(C)C(=O)O)C2)c1. The average Bonchev–Trinajstić information content (AvgIpc) is 2.87. The zero-order chi connectivity index (χ0) is 13.1. The Balaban J connectivity index is 2.06. The molecule has 2 rings (SSSR count). The van der Waals surface area contributed by atoms with Gasteiger partial charge in [-0.15, -0.1) is 0 Å². The molecule has 5 heteroatoms. The number of benzene rings is 1. The summed E-state index contributed by atoms with van der Waals surface area (Å²) in [6, 6.07) is 7.91. The van der Waals surface area contributed by atoms with Crippen molar-refractivity contribution < 1.29 is 14.6 Å². The van der Waals surface area contributed by atoms with Crippen molar-refractivity contribution in [2.24, 2.45) is 0 Å². The number of rotatable bonds is 3. The fourth-order valence-corrected chi connectivity index (χ4v) is 2.26. The van der Waals surface area contributed by atoms with E-state index in [0.29, 0.717) is 0 Å². The number of nitrogens with zero attached hydrogens (tertiary/aromatic N) is 2. The second-order valence-corrected chi connectivity index (χ2v) is 4.48. The lowest BCUT2D eigenvalue weighted by Gasteiger charge is -2.23. The molecular weight excluding hydrogens is 232 g/mol. The molecule has 1 aromatic rings. The van der Waals surface area contributed by atoms with Crippen molar-refractivity contribution in [3.63, 3.8) is 0 Å². The van der Waals surface area contributed by atoms with Gasteiger partial charge in [-0.05, 0) is 18.6 Å². The zero-order valence-electron chi connectivity index (χ0n) is 10.7. The monoisotopic (exact) mass is 250 g/mol. The minimum atomic E-state index is -0.868. The van der Waals surface area contributed by atoms with Gasteiger partial charge >= 0.3 is 6.09 Å². The van der Waals surface area contributed by atoms with Crippen LogP contribution in [0.3, 0.4) is 0 Å². The normalized spacial score (nSPS) is 18.8. The lowest BCUT2D eigenvalue weighted by Crippen LogP contribution is -2.38. The summed E-state index contributed by atoms with van der Waals surface area (Å²) in [5.74, 6) is 0.822. The van der Waals surface area contributed by atoms with Crippen molar-refractivity contribution in [1.29, 1.82) is 0 Å². The number of ether oxygens (including phenoxy) is 1. The number of anilines is 1. The molecule has 1 aliphatic rings. The Hall–Kier alpha value is -1.91. The molecule has 0 saturated carbocycles. The maximum atomic E-state index is 10.9. The Morgan fingerprint density at radius 1 is 1.56 bits per heavy atom. The number of amides is 1. The number of likely N-dealkylation sites (N-methyl/N-ethyl adjacent to an activating group) is 1. The van der Waals surface area contributed by atoms with Crippen molar-refractivity contribution in [3.8, 4) is 5.75 Å².